The molecule has 0 saturated carbocycles. The number of hydrogen-bond donors (Lipinski definition) is 0. The van der Waals surface area contributed by atoms with Crippen LogP contribution < -0.4 is 26.2 Å². The maximum atomic E-state index is 5.94. The molecule has 0 saturated heterocycles. The molecule has 0 N–H and O–H groups in total. The number of nitrogens with zero attached hydrogens (tertiary/aromatic N) is 5. The van der Waals surface area contributed by atoms with E-state index >= 15 is 0 Å². The van der Waals surface area contributed by atoms with Gasteiger partial charge < -0.3 is 9.80 Å². The van der Waals surface area contributed by atoms with Gasteiger partial charge in [-0.05, 0) is 233 Å². The quantitative estimate of drug-likeness (QED) is 0.106. The number of aromatic nitrogens is 3. The van der Waals surface area contributed by atoms with Crippen LogP contribution in [0.1, 0.15) is 105 Å². The van der Waals surface area contributed by atoms with E-state index in [9.17, 15) is 0 Å². The minimum absolute atomic E-state index is 0.180. The van der Waals surface area contributed by atoms with E-state index in [0.717, 1.165) is 95.3 Å². The van der Waals surface area contributed by atoms with Crippen molar-refractivity contribution in [3.8, 4) is 78.7 Å². The summed E-state index contributed by atoms with van der Waals surface area (Å²) in [5.74, 6) is 1.82. The first-order valence-electron chi connectivity index (χ1n) is 37.8. The normalized spacial score (nSPS) is 13.0. The van der Waals surface area contributed by atoms with Gasteiger partial charge in [-0.3, -0.25) is 0 Å². The molecule has 0 amide bonds. The van der Waals surface area contributed by atoms with Crippen LogP contribution in [0.5, 0.6) is 0 Å². The maximum Gasteiger partial charge on any atom is 0.252 e. The van der Waals surface area contributed by atoms with Gasteiger partial charge >= 0.3 is 0 Å². The molecule has 16 aromatic rings. The lowest BCUT2D eigenvalue weighted by Gasteiger charge is -2.45. The number of benzene rings is 15. The Hall–Kier alpha value is -12.0. The minimum atomic E-state index is -0.272. The summed E-state index contributed by atoms with van der Waals surface area (Å²) in [6.07, 6.45) is 0. The smallest absolute Gasteiger partial charge is 0.252 e. The molecular weight excluding hydrogens is 1290 g/mol. The number of fused-ring (bicyclic) bond motifs is 10. The van der Waals surface area contributed by atoms with Crippen LogP contribution in [-0.2, 0) is 21.7 Å². The third-order valence-corrected chi connectivity index (χ3v) is 22.3. The van der Waals surface area contributed by atoms with Gasteiger partial charge in [-0.2, -0.15) is 0 Å². The maximum absolute atomic E-state index is 5.94. The molecule has 0 radical (unpaired) electrons. The van der Waals surface area contributed by atoms with E-state index in [2.05, 4.69) is 396 Å². The Balaban J connectivity index is 1.03. The minimum Gasteiger partial charge on any atom is -0.311 e. The third kappa shape index (κ3) is 12.1. The highest BCUT2D eigenvalue weighted by Gasteiger charge is 2.45. The standard InChI is InChI=1S/C101H86BN5/c1-98(2,3)78-47-75(48-79(59-78)99(4,5)6)95-103-96(76-49-80(100(7,8)9)60-81(50-76)101(10,11)12)105-97(104-95)77-57-92-94-93(58-77)107(83-53-73(65-33-21-15-22-34-65)46-74(54-83)66-35-23-16-24-36-66)91-62-87-70(44-42-68-38-26-28-40-85(68)87)56-89(91)102(94)88-55-69-43-41-67-37-25-27-39-84(67)86(69)61-90(88)106(92)82-51-71(63-29-17-13-18-30-63)45-72(52-82)64-31-19-14-20-32-64/h13-62H,1-12H3. The largest absolute Gasteiger partial charge is 0.311 e. The Bertz CT molecular complexity index is 5680. The molecule has 15 aromatic carbocycles. The molecule has 2 aliphatic heterocycles. The predicted molar refractivity (Wildman–Crippen MR) is 457 cm³/mol. The summed E-state index contributed by atoms with van der Waals surface area (Å²) < 4.78 is 0. The number of rotatable bonds is 9. The number of hydrogen-bond acceptors (Lipinski definition) is 5. The first-order chi connectivity index (χ1) is 51.5. The van der Waals surface area contributed by atoms with Crippen molar-refractivity contribution >= 4 is 100 Å². The first kappa shape index (κ1) is 66.9. The van der Waals surface area contributed by atoms with Gasteiger partial charge in [0.15, 0.2) is 17.5 Å². The number of anilines is 6. The van der Waals surface area contributed by atoms with E-state index in [0.29, 0.717) is 17.5 Å². The highest BCUT2D eigenvalue weighted by Crippen LogP contribution is 2.51. The fourth-order valence-electron chi connectivity index (χ4n) is 16.4. The molecule has 0 unspecified atom stereocenters. The van der Waals surface area contributed by atoms with Crippen LogP contribution >= 0.6 is 0 Å². The van der Waals surface area contributed by atoms with E-state index in [4.69, 9.17) is 15.0 Å². The Kier molecular flexibility index (Phi) is 15.9. The molecule has 2 aliphatic rings. The van der Waals surface area contributed by atoms with E-state index < -0.39 is 0 Å². The summed E-state index contributed by atoms with van der Waals surface area (Å²) in [4.78, 5) is 22.8. The fraction of sp³-hybridized carbons (Fsp3) is 0.158. The van der Waals surface area contributed by atoms with E-state index in [1.165, 1.54) is 81.7 Å². The van der Waals surface area contributed by atoms with Crippen LogP contribution in [0, 0.1) is 0 Å². The second kappa shape index (κ2) is 25.4. The summed E-state index contributed by atoms with van der Waals surface area (Å²) in [6, 6.07) is 114. The Labute approximate surface area is 630 Å². The molecule has 518 valence electrons. The van der Waals surface area contributed by atoms with Crippen LogP contribution in [0.15, 0.2) is 303 Å². The van der Waals surface area contributed by atoms with Crippen molar-refractivity contribution in [3.05, 3.63) is 326 Å². The zero-order valence-electron chi connectivity index (χ0n) is 63.2. The second-order valence-corrected chi connectivity index (χ2v) is 33.8. The fourth-order valence-corrected chi connectivity index (χ4v) is 16.4. The summed E-state index contributed by atoms with van der Waals surface area (Å²) in [5, 5.41) is 9.55. The topological polar surface area (TPSA) is 45.2 Å². The molecule has 0 fully saturated rings. The Morgan fingerprint density at radius 3 is 0.832 bits per heavy atom. The summed E-state index contributed by atoms with van der Waals surface area (Å²) in [6.45, 7) is 27.4. The molecule has 3 heterocycles. The molecule has 1 aromatic heterocycles. The van der Waals surface area contributed by atoms with Crippen molar-refractivity contribution in [3.63, 3.8) is 0 Å². The molecule has 5 nitrogen and oxygen atoms in total. The highest BCUT2D eigenvalue weighted by molar-refractivity contribution is 7.00. The lowest BCUT2D eigenvalue weighted by Crippen LogP contribution is -2.61. The predicted octanol–water partition coefficient (Wildman–Crippen LogP) is 25.4. The average Bonchev–Trinajstić information content (AvgIpc) is 0.687. The molecular formula is C101H86BN5. The van der Waals surface area contributed by atoms with Crippen LogP contribution in [-0.4, -0.2) is 21.7 Å². The Morgan fingerprint density at radius 2 is 0.514 bits per heavy atom. The molecule has 0 aliphatic carbocycles. The molecule has 0 atom stereocenters. The van der Waals surface area contributed by atoms with Gasteiger partial charge in [0.25, 0.3) is 6.71 Å². The first-order valence-corrected chi connectivity index (χ1v) is 37.8. The van der Waals surface area contributed by atoms with Crippen LogP contribution in [0.4, 0.5) is 34.1 Å². The van der Waals surface area contributed by atoms with Crippen LogP contribution in [0.25, 0.3) is 122 Å². The van der Waals surface area contributed by atoms with E-state index in [1.807, 2.05) is 0 Å². The van der Waals surface area contributed by atoms with Crippen LogP contribution in [0.3, 0.4) is 0 Å². The zero-order valence-corrected chi connectivity index (χ0v) is 63.2. The van der Waals surface area contributed by atoms with Gasteiger partial charge in [-0.1, -0.05) is 301 Å². The summed E-state index contributed by atoms with van der Waals surface area (Å²) in [5.41, 5.74) is 25.9. The van der Waals surface area contributed by atoms with Gasteiger partial charge in [-0.15, -0.1) is 0 Å². The molecule has 0 bridgehead atoms. The van der Waals surface area contributed by atoms with Crippen LogP contribution in [0.2, 0.25) is 0 Å². The Morgan fingerprint density at radius 1 is 0.224 bits per heavy atom. The summed E-state index contributed by atoms with van der Waals surface area (Å²) >= 11 is 0. The monoisotopic (exact) mass is 1380 g/mol. The van der Waals surface area contributed by atoms with Gasteiger partial charge in [0, 0.05) is 50.8 Å². The van der Waals surface area contributed by atoms with Gasteiger partial charge in [0.05, 0.1) is 0 Å². The second-order valence-electron chi connectivity index (χ2n) is 33.8. The zero-order chi connectivity index (χ0) is 73.4. The average molecular weight is 1380 g/mol. The van der Waals surface area contributed by atoms with Crippen molar-refractivity contribution < 1.29 is 0 Å². The van der Waals surface area contributed by atoms with Crippen molar-refractivity contribution in [2.45, 2.75) is 105 Å². The lowest BCUT2D eigenvalue weighted by atomic mass is 9.33. The van der Waals surface area contributed by atoms with E-state index in [-0.39, 0.29) is 28.4 Å². The van der Waals surface area contributed by atoms with Gasteiger partial charge in [-0.25, -0.2) is 15.0 Å². The van der Waals surface area contributed by atoms with Crippen molar-refractivity contribution in [1.29, 1.82) is 0 Å². The van der Waals surface area contributed by atoms with Crippen molar-refractivity contribution in [2.75, 3.05) is 9.80 Å². The molecule has 18 rings (SSSR count). The van der Waals surface area contributed by atoms with Crippen molar-refractivity contribution in [1.82, 2.24) is 15.0 Å². The lowest BCUT2D eigenvalue weighted by molar-refractivity contribution is 0.568. The SMILES string of the molecule is CC(C)(C)c1cc(-c2nc(-c3cc(C(C)(C)C)cc(C(C)(C)C)c3)nc(-c3cc4c5c(c3)N(c3cc(-c6ccccc6)cc(-c6ccccc6)c3)c3cc6c(ccc7ccccc76)cc3B5c3cc5ccc6ccccc6c5cc3N4c3cc(-c4ccccc4)cc(-c4ccccc4)c3)n2)cc(C(C)(C)C)c1. The molecule has 0 spiro atoms. The van der Waals surface area contributed by atoms with Crippen molar-refractivity contribution in [2.24, 2.45) is 0 Å². The van der Waals surface area contributed by atoms with Gasteiger partial charge in [0.1, 0.15) is 0 Å². The highest BCUT2D eigenvalue weighted by atomic mass is 15.2. The molecule has 107 heavy (non-hydrogen) atoms. The summed E-state index contributed by atoms with van der Waals surface area (Å²) in [7, 11) is 0. The van der Waals surface area contributed by atoms with E-state index in [1.54, 1.807) is 0 Å². The third-order valence-electron chi connectivity index (χ3n) is 22.3. The molecule has 6 heteroatoms. The van der Waals surface area contributed by atoms with Gasteiger partial charge in [0.2, 0.25) is 0 Å².